The topological polar surface area (TPSA) is 27.0 Å². The fraction of sp³-hybridized carbons (Fsp3) is 0.292. The van der Waals surface area contributed by atoms with Gasteiger partial charge in [0, 0.05) is 18.0 Å². The van der Waals surface area contributed by atoms with Gasteiger partial charge in [0.2, 0.25) is 0 Å². The van der Waals surface area contributed by atoms with Gasteiger partial charge in [-0.2, -0.15) is 5.26 Å². The second kappa shape index (κ2) is 7.98. The summed E-state index contributed by atoms with van der Waals surface area (Å²) < 4.78 is 0. The molecular weight excluding hydrogens is 348 g/mol. The van der Waals surface area contributed by atoms with Crippen molar-refractivity contribution < 1.29 is 0 Å². The molecular formula is C24H24N2S. The Bertz CT molecular complexity index is 946. The largest absolute Gasteiger partial charge is 0.370 e. The highest BCUT2D eigenvalue weighted by Gasteiger charge is 2.21. The van der Waals surface area contributed by atoms with Crippen molar-refractivity contribution in [3.8, 4) is 16.5 Å². The normalized spacial score (nSPS) is 14.1. The minimum atomic E-state index is 0.850. The van der Waals surface area contributed by atoms with Crippen LogP contribution < -0.4 is 4.90 Å². The van der Waals surface area contributed by atoms with Gasteiger partial charge in [-0.05, 0) is 72.4 Å². The molecule has 1 aromatic heterocycles. The second-order valence-corrected chi connectivity index (χ2v) is 8.17. The zero-order valence-corrected chi connectivity index (χ0v) is 16.6. The van der Waals surface area contributed by atoms with E-state index in [-0.39, 0.29) is 0 Å². The lowest BCUT2D eigenvalue weighted by atomic mass is 9.89. The summed E-state index contributed by atoms with van der Waals surface area (Å²) >= 11 is 1.78. The van der Waals surface area contributed by atoms with E-state index in [1.165, 1.54) is 40.8 Å². The van der Waals surface area contributed by atoms with Gasteiger partial charge < -0.3 is 4.90 Å². The number of benzene rings is 2. The first kappa shape index (κ1) is 17.8. The molecule has 3 aromatic rings. The van der Waals surface area contributed by atoms with E-state index in [4.69, 9.17) is 0 Å². The van der Waals surface area contributed by atoms with Gasteiger partial charge in [0.25, 0.3) is 0 Å². The van der Waals surface area contributed by atoms with Crippen LogP contribution in [0, 0.1) is 18.3 Å². The quantitative estimate of drug-likeness (QED) is 0.547. The molecule has 2 nitrogen and oxygen atoms in total. The molecule has 136 valence electrons. The maximum absolute atomic E-state index is 9.97. The molecule has 0 atom stereocenters. The molecule has 4 rings (SSSR count). The molecule has 0 radical (unpaired) electrons. The third kappa shape index (κ3) is 3.63. The Morgan fingerprint density at radius 3 is 2.48 bits per heavy atom. The smallest absolute Gasteiger partial charge is 0.102 e. The van der Waals surface area contributed by atoms with E-state index < -0.39 is 0 Å². The van der Waals surface area contributed by atoms with Gasteiger partial charge in [0.1, 0.15) is 6.07 Å². The summed E-state index contributed by atoms with van der Waals surface area (Å²) in [6, 6.07) is 19.7. The first-order chi connectivity index (χ1) is 13.3. The highest BCUT2D eigenvalue weighted by molar-refractivity contribution is 7.13. The number of nitrogens with zero attached hydrogens (tertiary/aromatic N) is 2. The number of piperidine rings is 1. The number of hydrogen-bond acceptors (Lipinski definition) is 3. The first-order valence-electron chi connectivity index (χ1n) is 9.67. The van der Waals surface area contributed by atoms with E-state index in [0.717, 1.165) is 36.3 Å². The molecule has 1 saturated heterocycles. The van der Waals surface area contributed by atoms with Crippen LogP contribution in [0.4, 0.5) is 5.69 Å². The predicted molar refractivity (Wildman–Crippen MR) is 115 cm³/mol. The van der Waals surface area contributed by atoms with Gasteiger partial charge in [0.05, 0.1) is 11.3 Å². The van der Waals surface area contributed by atoms with Gasteiger partial charge >= 0.3 is 0 Å². The molecule has 1 aliphatic heterocycles. The fourth-order valence-electron chi connectivity index (χ4n) is 4.05. The molecule has 0 unspecified atom stereocenters. The highest BCUT2D eigenvalue weighted by Crippen LogP contribution is 2.38. The summed E-state index contributed by atoms with van der Waals surface area (Å²) in [7, 11) is 0. The Hall–Kier alpha value is -2.57. The minimum absolute atomic E-state index is 0.850. The van der Waals surface area contributed by atoms with Crippen molar-refractivity contribution in [1.29, 1.82) is 5.26 Å². The van der Waals surface area contributed by atoms with E-state index in [9.17, 15) is 5.26 Å². The Labute approximate surface area is 165 Å². The number of rotatable bonds is 4. The van der Waals surface area contributed by atoms with Gasteiger partial charge in [-0.25, -0.2) is 0 Å². The van der Waals surface area contributed by atoms with E-state index in [1.54, 1.807) is 11.3 Å². The summed E-state index contributed by atoms with van der Waals surface area (Å²) in [5.41, 5.74) is 6.95. The van der Waals surface area contributed by atoms with Crippen LogP contribution in [0.1, 0.15) is 41.5 Å². The maximum Gasteiger partial charge on any atom is 0.102 e. The Morgan fingerprint density at radius 1 is 1.04 bits per heavy atom. The van der Waals surface area contributed by atoms with E-state index in [0.29, 0.717) is 0 Å². The average molecular weight is 373 g/mol. The van der Waals surface area contributed by atoms with Crippen molar-refractivity contribution in [1.82, 2.24) is 0 Å². The molecule has 0 saturated carbocycles. The number of anilines is 1. The predicted octanol–water partition coefficient (Wildman–Crippen LogP) is 6.18. The first-order valence-corrected chi connectivity index (χ1v) is 10.5. The summed E-state index contributed by atoms with van der Waals surface area (Å²) in [6.07, 6.45) is 4.57. The fourth-order valence-corrected chi connectivity index (χ4v) is 4.82. The van der Waals surface area contributed by atoms with Crippen molar-refractivity contribution in [3.05, 3.63) is 76.2 Å². The number of hydrogen-bond donors (Lipinski definition) is 0. The summed E-state index contributed by atoms with van der Waals surface area (Å²) in [5.74, 6) is 0. The van der Waals surface area contributed by atoms with Crippen molar-refractivity contribution in [2.45, 2.75) is 32.6 Å². The summed E-state index contributed by atoms with van der Waals surface area (Å²) in [5, 5.41) is 12.1. The van der Waals surface area contributed by atoms with Crippen LogP contribution >= 0.6 is 11.3 Å². The minimum Gasteiger partial charge on any atom is -0.370 e. The Balaban J connectivity index is 1.88. The molecule has 2 aromatic carbocycles. The molecule has 1 fully saturated rings. The van der Waals surface area contributed by atoms with Crippen LogP contribution in [-0.2, 0) is 6.42 Å². The zero-order chi connectivity index (χ0) is 18.6. The third-order valence-electron chi connectivity index (χ3n) is 5.51. The molecule has 2 heterocycles. The van der Waals surface area contributed by atoms with E-state index in [2.05, 4.69) is 71.8 Å². The average Bonchev–Trinajstić information content (AvgIpc) is 3.25. The van der Waals surface area contributed by atoms with Crippen LogP contribution in [0.5, 0.6) is 0 Å². The van der Waals surface area contributed by atoms with Crippen molar-refractivity contribution in [2.75, 3.05) is 18.0 Å². The monoisotopic (exact) mass is 372 g/mol. The molecule has 0 N–H and O–H groups in total. The molecule has 3 heteroatoms. The Kier molecular flexibility index (Phi) is 5.27. The van der Waals surface area contributed by atoms with E-state index in [1.807, 2.05) is 0 Å². The molecule has 0 spiro atoms. The van der Waals surface area contributed by atoms with Crippen LogP contribution in [0.2, 0.25) is 0 Å². The van der Waals surface area contributed by atoms with Crippen molar-refractivity contribution in [3.63, 3.8) is 0 Å². The molecule has 0 amide bonds. The SMILES string of the molecule is Cc1c(C#N)c(N2CCCCC2)cc(-c2cccs2)c1Cc1ccccc1. The highest BCUT2D eigenvalue weighted by atomic mass is 32.1. The van der Waals surface area contributed by atoms with Gasteiger partial charge in [0.15, 0.2) is 0 Å². The van der Waals surface area contributed by atoms with Gasteiger partial charge in [-0.1, -0.05) is 36.4 Å². The Morgan fingerprint density at radius 2 is 1.81 bits per heavy atom. The number of thiophene rings is 1. The van der Waals surface area contributed by atoms with Crippen LogP contribution in [0.25, 0.3) is 10.4 Å². The standard InChI is InChI=1S/C24H24N2S/c1-18-20(15-19-9-4-2-5-10-19)21(24-11-8-14-27-24)16-23(22(18)17-25)26-12-6-3-7-13-26/h2,4-5,8-11,14,16H,3,6-7,12-13,15H2,1H3. The molecule has 0 aliphatic carbocycles. The molecule has 1 aliphatic rings. The maximum atomic E-state index is 9.97. The van der Waals surface area contributed by atoms with E-state index >= 15 is 0 Å². The van der Waals surface area contributed by atoms with Crippen LogP contribution in [-0.4, -0.2) is 13.1 Å². The van der Waals surface area contributed by atoms with Crippen LogP contribution in [0.15, 0.2) is 53.9 Å². The van der Waals surface area contributed by atoms with Gasteiger partial charge in [-0.15, -0.1) is 11.3 Å². The van der Waals surface area contributed by atoms with Gasteiger partial charge in [-0.3, -0.25) is 0 Å². The summed E-state index contributed by atoms with van der Waals surface area (Å²) in [4.78, 5) is 3.70. The third-order valence-corrected chi connectivity index (χ3v) is 6.41. The lowest BCUT2D eigenvalue weighted by Gasteiger charge is -2.31. The second-order valence-electron chi connectivity index (χ2n) is 7.22. The lowest BCUT2D eigenvalue weighted by Crippen LogP contribution is -2.30. The zero-order valence-electron chi connectivity index (χ0n) is 15.7. The lowest BCUT2D eigenvalue weighted by molar-refractivity contribution is 0.577. The molecule has 27 heavy (non-hydrogen) atoms. The van der Waals surface area contributed by atoms with Crippen molar-refractivity contribution in [2.24, 2.45) is 0 Å². The number of nitriles is 1. The summed E-state index contributed by atoms with van der Waals surface area (Å²) in [6.45, 7) is 4.23. The van der Waals surface area contributed by atoms with Crippen LogP contribution in [0.3, 0.4) is 0 Å². The van der Waals surface area contributed by atoms with Crippen molar-refractivity contribution >= 4 is 17.0 Å². The molecule has 0 bridgehead atoms.